The number of aromatic hydroxyl groups is 1. The van der Waals surface area contributed by atoms with Crippen molar-refractivity contribution in [1.82, 2.24) is 38.8 Å². The topological polar surface area (TPSA) is 391 Å². The third-order valence-electron chi connectivity index (χ3n) is 16.4. The van der Waals surface area contributed by atoms with Crippen LogP contribution in [0.3, 0.4) is 0 Å². The number of methoxy groups -OCH3 is 2. The molecule has 0 bridgehead atoms. The number of rotatable bonds is 18. The second-order valence-electron chi connectivity index (χ2n) is 24.8. The van der Waals surface area contributed by atoms with Crippen LogP contribution in [0.15, 0.2) is 134 Å². The first-order chi connectivity index (χ1) is 50.0. The number of aryl methyl sites for hydroxylation is 4. The smallest absolute Gasteiger partial charge is 0.433 e. The molecule has 0 spiro atoms. The van der Waals surface area contributed by atoms with Gasteiger partial charge >= 0.3 is 30.1 Å². The molecule has 0 atom stereocenters. The molecule has 4 N–H and O–H groups in total. The number of carbonyl (C=O) groups is 5. The summed E-state index contributed by atoms with van der Waals surface area (Å²) >= 11 is 0. The van der Waals surface area contributed by atoms with E-state index in [0.29, 0.717) is 98.5 Å². The van der Waals surface area contributed by atoms with Crippen LogP contribution >= 0.6 is 0 Å². The molecule has 0 unspecified atom stereocenters. The van der Waals surface area contributed by atoms with E-state index in [9.17, 15) is 63.9 Å². The number of carboxylic acids is 1. The molecule has 4 aromatic carbocycles. The number of aromatic nitrogens is 7. The predicted octanol–water partition coefficient (Wildman–Crippen LogP) is 9.31. The van der Waals surface area contributed by atoms with Crippen molar-refractivity contribution in [2.45, 2.75) is 116 Å². The van der Waals surface area contributed by atoms with Gasteiger partial charge in [-0.3, -0.25) is 19.7 Å². The average Bonchev–Trinajstić information content (AvgIpc) is 1.57. The van der Waals surface area contributed by atoms with Crippen LogP contribution in [0.1, 0.15) is 125 Å². The van der Waals surface area contributed by atoms with Gasteiger partial charge in [-0.2, -0.15) is 36.7 Å². The molecule has 0 saturated carbocycles. The number of alkyl halides is 3. The van der Waals surface area contributed by atoms with Gasteiger partial charge in [-0.15, -0.1) is 0 Å². The number of nitrogens with zero attached hydrogens (tertiary/aromatic N) is 9. The van der Waals surface area contributed by atoms with E-state index in [1.807, 2.05) is 86.8 Å². The quantitative estimate of drug-likeness (QED) is 0.0459. The Labute approximate surface area is 607 Å². The highest BCUT2D eigenvalue weighted by Gasteiger charge is 2.45. The Balaban J connectivity index is 0.000000179. The lowest BCUT2D eigenvalue weighted by molar-refractivity contribution is -0.143. The Kier molecular flexibility index (Phi) is 25.5. The van der Waals surface area contributed by atoms with Gasteiger partial charge in [-0.25, -0.2) is 46.6 Å². The molecule has 4 aromatic heterocycles. The number of fused-ring (bicyclic) bond motifs is 1. The van der Waals surface area contributed by atoms with Crippen LogP contribution in [-0.4, -0.2) is 149 Å². The van der Waals surface area contributed by atoms with E-state index in [-0.39, 0.29) is 45.2 Å². The number of urea groups is 1. The summed E-state index contributed by atoms with van der Waals surface area (Å²) < 4.78 is 120. The minimum Gasteiger partial charge on any atom is -0.493 e. The number of amides is 2. The monoisotopic (exact) mass is 1510 g/mol. The Morgan fingerprint density at radius 2 is 1.32 bits per heavy atom. The summed E-state index contributed by atoms with van der Waals surface area (Å²) in [5.41, 5.74) is 4.37. The fourth-order valence-corrected chi connectivity index (χ4v) is 13.2. The SMILES string of the molecule is CCOC(=O)C1=NOC(c2ccccc2)(c2ccccc2)C1.CCc1cc(C)cc(CC)c1-c1c(OC(=O)C(C)(C)C)n2n(c1=O)CCOCC2.COc1cc(OC)nc(NC(=O)NS(=O)(=O)c2nc(C(F)(F)F)ccc2C(=O)O)n1.Cc1c(C(=O)c2cnn(C)c2O)ccc(S(C)(=O)=O)c1C1=NOCC1. The summed E-state index contributed by atoms with van der Waals surface area (Å²) in [7, 11) is -4.67. The number of anilines is 1. The Morgan fingerprint density at radius 1 is 0.736 bits per heavy atom. The van der Waals surface area contributed by atoms with Gasteiger partial charge in [0.15, 0.2) is 32.0 Å². The van der Waals surface area contributed by atoms with Crippen molar-refractivity contribution in [1.29, 1.82) is 0 Å². The maximum atomic E-state index is 13.5. The maximum absolute atomic E-state index is 13.5. The number of ketones is 1. The van der Waals surface area contributed by atoms with Crippen molar-refractivity contribution in [2.24, 2.45) is 22.8 Å². The van der Waals surface area contributed by atoms with Crippen LogP contribution in [0.5, 0.6) is 23.5 Å². The summed E-state index contributed by atoms with van der Waals surface area (Å²) in [6, 6.07) is 27.1. The second-order valence-corrected chi connectivity index (χ2v) is 28.3. The minimum absolute atomic E-state index is 0.0493. The molecule has 0 aliphatic carbocycles. The molecule has 3 aliphatic heterocycles. The number of sulfonamides is 1. The van der Waals surface area contributed by atoms with Crippen LogP contribution < -0.4 is 29.8 Å². The van der Waals surface area contributed by atoms with Gasteiger partial charge < -0.3 is 43.6 Å². The molecule has 8 aromatic rings. The van der Waals surface area contributed by atoms with Crippen LogP contribution in [0.25, 0.3) is 11.1 Å². The highest BCUT2D eigenvalue weighted by molar-refractivity contribution is 7.91. The molecule has 0 saturated heterocycles. The number of ether oxygens (including phenoxy) is 5. The number of halogens is 3. The van der Waals surface area contributed by atoms with E-state index in [4.69, 9.17) is 38.5 Å². The Morgan fingerprint density at radius 3 is 1.82 bits per heavy atom. The van der Waals surface area contributed by atoms with Gasteiger partial charge in [-0.05, 0) is 101 Å². The molecule has 3 aliphatic rings. The van der Waals surface area contributed by atoms with Crippen molar-refractivity contribution in [3.8, 4) is 34.6 Å². The number of carboxylic acid groups (broad SMARTS) is 1. The third kappa shape index (κ3) is 18.4. The fraction of sp³-hybridized carbons (Fsp3) is 0.352. The lowest BCUT2D eigenvalue weighted by Crippen LogP contribution is -2.36. The first-order valence-electron chi connectivity index (χ1n) is 32.7. The summed E-state index contributed by atoms with van der Waals surface area (Å²) in [6.07, 6.45) is -0.268. The first kappa shape index (κ1) is 80.4. The number of hydrogen-bond acceptors (Lipinski definition) is 24. The number of aromatic carboxylic acids is 1. The zero-order valence-corrected chi connectivity index (χ0v) is 61.4. The summed E-state index contributed by atoms with van der Waals surface area (Å²) in [6.45, 7) is 17.7. The lowest BCUT2D eigenvalue weighted by atomic mass is 9.82. The van der Waals surface area contributed by atoms with Crippen LogP contribution in [-0.2, 0) is 93.4 Å². The number of nitrogens with one attached hydrogen (secondary N) is 2. The Hall–Kier alpha value is -11.3. The van der Waals surface area contributed by atoms with Gasteiger partial charge in [0, 0.05) is 42.0 Å². The zero-order chi connectivity index (χ0) is 77.8. The van der Waals surface area contributed by atoms with Crippen LogP contribution in [0, 0.1) is 19.3 Å². The Bertz CT molecular complexity index is 4910. The van der Waals surface area contributed by atoms with Crippen molar-refractivity contribution >= 4 is 67.0 Å². The molecule has 7 heterocycles. The van der Waals surface area contributed by atoms with E-state index in [0.717, 1.165) is 46.9 Å². The molecule has 564 valence electrons. The predicted molar refractivity (Wildman–Crippen MR) is 377 cm³/mol. The molecule has 11 rings (SSSR count). The summed E-state index contributed by atoms with van der Waals surface area (Å²) in [4.78, 5) is 95.4. The standard InChI is InChI=1S/C23H32N2O4.C18H17NO3.C16H17N3O5S.C14H12F3N5O7S/c1-7-16-13-15(3)14-17(8-2)18(16)19-20(26)24-9-11-28-12-10-25(24)21(19)29-22(27)23(4,5)6;1-2-21-17(20)16-13-18(22-19-16,14-9-5-3-6-10-14)15-11-7-4-8-12-15;1-9-10(15(20)11-8-17-19(2)16(11)21)4-5-13(25(3,22)23)14(9)12-6-7-24-18-12;1-28-8-5-9(29-2)20-12(19-8)21-13(25)22-30(26,27)10-6(11(23)24)3-4-7(18-10)14(15,16)17/h13-14H,7-12H2,1-6H3;3-12H,2,13H2,1H3;4-5,8,21H,6-7H2,1-3H3;3-5H,1-2H3,(H,23,24)(H2,19,20,21,22,25). The molecule has 106 heavy (non-hydrogen) atoms. The van der Waals surface area contributed by atoms with Crippen molar-refractivity contribution in [3.63, 3.8) is 0 Å². The van der Waals surface area contributed by atoms with Crippen molar-refractivity contribution in [2.75, 3.05) is 52.2 Å². The maximum Gasteiger partial charge on any atom is 0.433 e. The van der Waals surface area contributed by atoms with Crippen LogP contribution in [0.4, 0.5) is 23.9 Å². The number of oxime groups is 2. The number of hydrogen-bond donors (Lipinski definition) is 4. The normalized spacial score (nSPS) is 13.8. The number of carbonyl (C=O) groups excluding carboxylic acids is 4. The van der Waals surface area contributed by atoms with Gasteiger partial charge in [0.2, 0.25) is 29.5 Å². The van der Waals surface area contributed by atoms with Gasteiger partial charge in [0.05, 0.1) is 87.4 Å². The van der Waals surface area contributed by atoms with Crippen molar-refractivity contribution < 1.29 is 97.6 Å². The number of esters is 2. The molecular weight excluding hydrogens is 1430 g/mol. The molecule has 35 heteroatoms. The number of sulfone groups is 1. The average molecular weight is 1510 g/mol. The summed E-state index contributed by atoms with van der Waals surface area (Å²) in [5.74, 6) is -3.60. The molecular formula is C71H78F3N11O19S2. The molecule has 0 fully saturated rings. The van der Waals surface area contributed by atoms with Crippen LogP contribution in [0.2, 0.25) is 0 Å². The van der Waals surface area contributed by atoms with E-state index >= 15 is 0 Å². The highest BCUT2D eigenvalue weighted by Crippen LogP contribution is 2.42. The molecule has 0 radical (unpaired) electrons. The number of pyridine rings is 1. The van der Waals surface area contributed by atoms with E-state index < -0.39 is 83.0 Å². The zero-order valence-electron chi connectivity index (χ0n) is 59.8. The molecule has 2 amide bonds. The van der Waals surface area contributed by atoms with Gasteiger partial charge in [0.1, 0.15) is 23.4 Å². The van der Waals surface area contributed by atoms with E-state index in [1.165, 1.54) is 60.6 Å². The van der Waals surface area contributed by atoms with Crippen molar-refractivity contribution in [3.05, 3.63) is 181 Å². The largest absolute Gasteiger partial charge is 0.493 e. The highest BCUT2D eigenvalue weighted by atomic mass is 32.2. The number of benzene rings is 4. The molecule has 30 nitrogen and oxygen atoms in total. The van der Waals surface area contributed by atoms with E-state index in [1.54, 1.807) is 23.2 Å². The second kappa shape index (κ2) is 33.6. The third-order valence-corrected chi connectivity index (χ3v) is 18.8. The van der Waals surface area contributed by atoms with Gasteiger partial charge in [0.25, 0.3) is 15.6 Å². The van der Waals surface area contributed by atoms with Gasteiger partial charge in [-0.1, -0.05) is 103 Å². The fourth-order valence-electron chi connectivity index (χ4n) is 11.2. The lowest BCUT2D eigenvalue weighted by Gasteiger charge is -2.27. The van der Waals surface area contributed by atoms with E-state index in [2.05, 4.69) is 63.3 Å². The minimum atomic E-state index is -5.14. The summed E-state index contributed by atoms with van der Waals surface area (Å²) in [5, 5.41) is 31.2. The first-order valence-corrected chi connectivity index (χ1v) is 36.1.